The standard InChI is InChI=1S/C55H39NO3/c1-4-15-37(16-5-1)55(38-17-6-2-7-18-38)46-25-12-10-22-45(46)52-47(55)32-34-50-54(52)59-49-33-31-41(35-51(49)57-50)56(39-19-8-3-9-20-39)40-29-27-36(28-30-40)42-23-14-24-44-43-21-11-13-26-48(43)58-53(42)44/h1-10,12-13,15-20,22,24-35H,11,14,21,23H2. The number of hydrogen-bond donors (Lipinski definition) is 0. The Hall–Kier alpha value is -7.30. The zero-order valence-electron chi connectivity index (χ0n) is 32.4. The van der Waals surface area contributed by atoms with Crippen LogP contribution in [0.5, 0.6) is 23.0 Å². The second-order valence-electron chi connectivity index (χ2n) is 15.7. The van der Waals surface area contributed by atoms with E-state index in [1.165, 1.54) is 44.2 Å². The van der Waals surface area contributed by atoms with Gasteiger partial charge in [-0.3, -0.25) is 0 Å². The minimum Gasteiger partial charge on any atom is -0.456 e. The molecule has 0 unspecified atom stereocenters. The molecule has 0 fully saturated rings. The molecule has 4 heteroatoms. The first-order valence-corrected chi connectivity index (χ1v) is 20.6. The summed E-state index contributed by atoms with van der Waals surface area (Å²) < 4.78 is 20.3. The Kier molecular flexibility index (Phi) is 7.67. The summed E-state index contributed by atoms with van der Waals surface area (Å²) in [6.07, 6.45) is 10.8. The fraction of sp³-hybridized carbons (Fsp3) is 0.0909. The molecule has 7 aromatic carbocycles. The molecule has 0 saturated carbocycles. The van der Waals surface area contributed by atoms with Crippen molar-refractivity contribution in [1.82, 2.24) is 0 Å². The highest BCUT2D eigenvalue weighted by Crippen LogP contribution is 2.62. The average molecular weight is 762 g/mol. The molecule has 4 nitrogen and oxygen atoms in total. The van der Waals surface area contributed by atoms with Crippen molar-refractivity contribution in [2.75, 3.05) is 4.90 Å². The van der Waals surface area contributed by atoms with Crippen molar-refractivity contribution >= 4 is 34.8 Å². The monoisotopic (exact) mass is 761 g/mol. The van der Waals surface area contributed by atoms with Crippen LogP contribution in [0.3, 0.4) is 0 Å². The van der Waals surface area contributed by atoms with Crippen LogP contribution in [0.2, 0.25) is 0 Å². The van der Waals surface area contributed by atoms with E-state index in [4.69, 9.17) is 13.9 Å². The lowest BCUT2D eigenvalue weighted by Gasteiger charge is -2.34. The molecular formula is C55H39NO3. The lowest BCUT2D eigenvalue weighted by molar-refractivity contribution is 0.360. The Morgan fingerprint density at radius 1 is 0.525 bits per heavy atom. The van der Waals surface area contributed by atoms with Crippen LogP contribution in [-0.2, 0) is 11.8 Å². The zero-order chi connectivity index (χ0) is 38.9. The van der Waals surface area contributed by atoms with E-state index in [0.717, 1.165) is 70.8 Å². The predicted octanol–water partition coefficient (Wildman–Crippen LogP) is 12.7. The highest BCUT2D eigenvalue weighted by molar-refractivity contribution is 5.92. The van der Waals surface area contributed by atoms with Gasteiger partial charge in [0.2, 0.25) is 0 Å². The number of fused-ring (bicyclic) bond motifs is 9. The van der Waals surface area contributed by atoms with E-state index < -0.39 is 5.41 Å². The van der Waals surface area contributed by atoms with Crippen molar-refractivity contribution < 1.29 is 13.9 Å². The third-order valence-electron chi connectivity index (χ3n) is 12.6. The van der Waals surface area contributed by atoms with E-state index in [2.05, 4.69) is 187 Å². The first kappa shape index (κ1) is 33.8. The number of anilines is 3. The quantitative estimate of drug-likeness (QED) is 0.169. The minimum absolute atomic E-state index is 0.520. The Morgan fingerprint density at radius 3 is 1.98 bits per heavy atom. The third kappa shape index (κ3) is 5.16. The van der Waals surface area contributed by atoms with Gasteiger partial charge < -0.3 is 18.8 Å². The predicted molar refractivity (Wildman–Crippen MR) is 237 cm³/mol. The van der Waals surface area contributed by atoms with Gasteiger partial charge in [0.1, 0.15) is 11.2 Å². The molecule has 1 aliphatic heterocycles. The number of para-hydroxylation sites is 1. The smallest absolute Gasteiger partial charge is 0.178 e. The van der Waals surface area contributed by atoms with E-state index in [0.29, 0.717) is 17.2 Å². The molecule has 3 aliphatic carbocycles. The summed E-state index contributed by atoms with van der Waals surface area (Å²) >= 11 is 0. The third-order valence-corrected chi connectivity index (χ3v) is 12.6. The lowest BCUT2D eigenvalue weighted by Crippen LogP contribution is -2.28. The van der Waals surface area contributed by atoms with Crippen LogP contribution in [-0.4, -0.2) is 0 Å². The molecule has 2 heterocycles. The average Bonchev–Trinajstić information content (AvgIpc) is 3.84. The lowest BCUT2D eigenvalue weighted by atomic mass is 9.68. The van der Waals surface area contributed by atoms with E-state index in [1.807, 2.05) is 6.07 Å². The molecule has 1 aromatic heterocycles. The number of ether oxygens (including phenoxy) is 2. The van der Waals surface area contributed by atoms with Crippen LogP contribution in [0.15, 0.2) is 180 Å². The largest absolute Gasteiger partial charge is 0.456 e. The fourth-order valence-electron chi connectivity index (χ4n) is 10.0. The van der Waals surface area contributed by atoms with Crippen molar-refractivity contribution in [3.05, 3.63) is 226 Å². The van der Waals surface area contributed by atoms with Crippen molar-refractivity contribution in [3.8, 4) is 34.1 Å². The molecule has 12 rings (SSSR count). The zero-order valence-corrected chi connectivity index (χ0v) is 32.4. The van der Waals surface area contributed by atoms with E-state index in [-0.39, 0.29) is 0 Å². The van der Waals surface area contributed by atoms with Crippen molar-refractivity contribution in [2.45, 2.75) is 31.1 Å². The molecular weight excluding hydrogens is 723 g/mol. The molecule has 0 amide bonds. The number of allylic oxidation sites excluding steroid dienone is 1. The number of hydrogen-bond acceptors (Lipinski definition) is 4. The van der Waals surface area contributed by atoms with Crippen LogP contribution in [0.1, 0.15) is 58.4 Å². The van der Waals surface area contributed by atoms with Gasteiger partial charge in [-0.25, -0.2) is 0 Å². The van der Waals surface area contributed by atoms with Gasteiger partial charge in [-0.1, -0.05) is 133 Å². The van der Waals surface area contributed by atoms with Gasteiger partial charge in [0.25, 0.3) is 0 Å². The molecule has 0 atom stereocenters. The van der Waals surface area contributed by atoms with Crippen LogP contribution >= 0.6 is 0 Å². The maximum absolute atomic E-state index is 6.97. The topological polar surface area (TPSA) is 34.8 Å². The van der Waals surface area contributed by atoms with Crippen molar-refractivity contribution in [3.63, 3.8) is 0 Å². The Bertz CT molecular complexity index is 3050. The Balaban J connectivity index is 0.942. The van der Waals surface area contributed by atoms with Crippen molar-refractivity contribution in [1.29, 1.82) is 0 Å². The molecule has 8 aromatic rings. The Labute approximate surface area is 343 Å². The number of rotatable bonds is 6. The number of furan rings is 1. The van der Waals surface area contributed by atoms with Gasteiger partial charge in [0.15, 0.2) is 23.0 Å². The van der Waals surface area contributed by atoms with Crippen molar-refractivity contribution in [2.24, 2.45) is 0 Å². The first-order chi connectivity index (χ1) is 29.3. The molecule has 59 heavy (non-hydrogen) atoms. The molecule has 0 N–H and O–H groups in total. The van der Waals surface area contributed by atoms with Gasteiger partial charge >= 0.3 is 0 Å². The second kappa shape index (κ2) is 13.4. The van der Waals surface area contributed by atoms with Gasteiger partial charge in [0, 0.05) is 39.4 Å². The second-order valence-corrected chi connectivity index (χ2v) is 15.7. The SMILES string of the molecule is C1=Cc2oc3c(c2CC1)=CCCC=3c1ccc(N(c2ccccc2)c2ccc3c(c2)Oc2ccc4c(c2O3)-c2ccccc2C4(c2ccccc2)c2ccccc2)cc1. The molecule has 282 valence electrons. The van der Waals surface area contributed by atoms with Crippen LogP contribution in [0, 0.1) is 0 Å². The summed E-state index contributed by atoms with van der Waals surface area (Å²) in [5, 5.41) is 1.29. The van der Waals surface area contributed by atoms with E-state index >= 15 is 0 Å². The van der Waals surface area contributed by atoms with Gasteiger partial charge in [0.05, 0.1) is 11.1 Å². The molecule has 4 aliphatic rings. The molecule has 0 bridgehead atoms. The highest BCUT2D eigenvalue weighted by Gasteiger charge is 2.48. The summed E-state index contributed by atoms with van der Waals surface area (Å²) in [7, 11) is 0. The van der Waals surface area contributed by atoms with Crippen LogP contribution < -0.4 is 25.0 Å². The number of benzene rings is 7. The normalized spacial score (nSPS) is 14.9. The van der Waals surface area contributed by atoms with Crippen LogP contribution in [0.4, 0.5) is 17.1 Å². The molecule has 0 saturated heterocycles. The summed E-state index contributed by atoms with van der Waals surface area (Å²) in [6, 6.07) is 60.4. The first-order valence-electron chi connectivity index (χ1n) is 20.6. The number of nitrogens with zero attached hydrogens (tertiary/aromatic N) is 1. The van der Waals surface area contributed by atoms with Gasteiger partial charge in [-0.05, 0) is 108 Å². The maximum Gasteiger partial charge on any atom is 0.178 e. The van der Waals surface area contributed by atoms with E-state index in [9.17, 15) is 0 Å². The van der Waals surface area contributed by atoms with Crippen LogP contribution in [0.25, 0.3) is 28.9 Å². The maximum atomic E-state index is 6.97. The fourth-order valence-corrected chi connectivity index (χ4v) is 10.0. The van der Waals surface area contributed by atoms with Gasteiger partial charge in [-0.2, -0.15) is 0 Å². The molecule has 0 spiro atoms. The van der Waals surface area contributed by atoms with E-state index in [1.54, 1.807) is 0 Å². The summed E-state index contributed by atoms with van der Waals surface area (Å²) in [6.45, 7) is 0. The highest BCUT2D eigenvalue weighted by atomic mass is 16.6. The summed E-state index contributed by atoms with van der Waals surface area (Å²) in [5.74, 6) is 3.82. The minimum atomic E-state index is -0.520. The van der Waals surface area contributed by atoms with Gasteiger partial charge in [-0.15, -0.1) is 0 Å². The molecule has 0 radical (unpaired) electrons. The summed E-state index contributed by atoms with van der Waals surface area (Å²) in [4.78, 5) is 2.27. The summed E-state index contributed by atoms with van der Waals surface area (Å²) in [5.41, 5.74) is 14.5. The Morgan fingerprint density at radius 2 is 1.20 bits per heavy atom.